The van der Waals surface area contributed by atoms with Gasteiger partial charge in [-0.05, 0) is 34.1 Å². The number of hydrogen-bond acceptors (Lipinski definition) is 2. The topological polar surface area (TPSA) is 27.1 Å². The van der Waals surface area contributed by atoms with Gasteiger partial charge in [0.15, 0.2) is 0 Å². The van der Waals surface area contributed by atoms with Crippen LogP contribution in [-0.4, -0.2) is 16.4 Å². The van der Waals surface area contributed by atoms with Crippen molar-refractivity contribution < 1.29 is 4.74 Å². The lowest BCUT2D eigenvalue weighted by molar-refractivity contribution is 0.298. The smallest absolute Gasteiger partial charge is 0.119 e. The van der Waals surface area contributed by atoms with Crippen LogP contribution in [0.15, 0.2) is 47.2 Å². The Labute approximate surface area is 103 Å². The maximum Gasteiger partial charge on any atom is 0.119 e. The standard InChI is InChI=1S/C12H13BrN2O/c13-12-7-8-14-15(12)9-4-10-16-11-5-2-1-3-6-11/h1-3,5-8H,4,9-10H2. The van der Waals surface area contributed by atoms with Crippen LogP contribution in [0, 0.1) is 0 Å². The quantitative estimate of drug-likeness (QED) is 0.787. The number of aryl methyl sites for hydroxylation is 1. The van der Waals surface area contributed by atoms with Crippen molar-refractivity contribution in [3.05, 3.63) is 47.2 Å². The van der Waals surface area contributed by atoms with Crippen LogP contribution in [-0.2, 0) is 6.54 Å². The minimum absolute atomic E-state index is 0.705. The predicted octanol–water partition coefficient (Wildman–Crippen LogP) is 3.11. The molecule has 0 aliphatic carbocycles. The van der Waals surface area contributed by atoms with E-state index in [1.165, 1.54) is 0 Å². The van der Waals surface area contributed by atoms with Gasteiger partial charge >= 0.3 is 0 Å². The highest BCUT2D eigenvalue weighted by Crippen LogP contribution is 2.10. The molecule has 1 aromatic carbocycles. The largest absolute Gasteiger partial charge is 0.494 e. The van der Waals surface area contributed by atoms with Gasteiger partial charge in [0.1, 0.15) is 10.4 Å². The normalized spacial score (nSPS) is 10.3. The van der Waals surface area contributed by atoms with Crippen LogP contribution in [0.4, 0.5) is 0 Å². The molecule has 0 amide bonds. The number of ether oxygens (including phenoxy) is 1. The Bertz CT molecular complexity index is 428. The van der Waals surface area contributed by atoms with Crippen molar-refractivity contribution in [2.75, 3.05) is 6.61 Å². The third kappa shape index (κ3) is 3.10. The van der Waals surface area contributed by atoms with Gasteiger partial charge in [0.05, 0.1) is 12.8 Å². The molecule has 2 rings (SSSR count). The molecular weight excluding hydrogens is 268 g/mol. The summed E-state index contributed by atoms with van der Waals surface area (Å²) in [4.78, 5) is 0. The van der Waals surface area contributed by atoms with Gasteiger partial charge in [-0.3, -0.25) is 4.68 Å². The summed E-state index contributed by atoms with van der Waals surface area (Å²) >= 11 is 3.42. The molecule has 0 aliphatic heterocycles. The third-order valence-corrected chi connectivity index (χ3v) is 2.86. The second-order valence-electron chi connectivity index (χ2n) is 3.39. The molecule has 0 aliphatic rings. The van der Waals surface area contributed by atoms with E-state index >= 15 is 0 Å². The maximum atomic E-state index is 5.59. The molecule has 0 N–H and O–H groups in total. The van der Waals surface area contributed by atoms with E-state index in [0.29, 0.717) is 6.61 Å². The molecule has 1 heterocycles. The number of benzene rings is 1. The van der Waals surface area contributed by atoms with Crippen LogP contribution >= 0.6 is 15.9 Å². The first-order valence-electron chi connectivity index (χ1n) is 5.21. The van der Waals surface area contributed by atoms with E-state index in [1.807, 2.05) is 41.1 Å². The molecule has 0 unspecified atom stereocenters. The van der Waals surface area contributed by atoms with Crippen LogP contribution < -0.4 is 4.74 Å². The number of nitrogens with zero attached hydrogens (tertiary/aromatic N) is 2. The summed E-state index contributed by atoms with van der Waals surface area (Å²) in [5.74, 6) is 0.919. The minimum atomic E-state index is 0.705. The fourth-order valence-corrected chi connectivity index (χ4v) is 1.79. The van der Waals surface area contributed by atoms with E-state index in [1.54, 1.807) is 6.20 Å². The molecule has 0 saturated carbocycles. The van der Waals surface area contributed by atoms with Crippen LogP contribution in [0.25, 0.3) is 0 Å². The molecule has 0 radical (unpaired) electrons. The number of rotatable bonds is 5. The molecule has 0 bridgehead atoms. The first kappa shape index (κ1) is 11.2. The molecule has 0 saturated heterocycles. The molecule has 0 atom stereocenters. The Balaban J connectivity index is 1.72. The third-order valence-electron chi connectivity index (χ3n) is 2.19. The molecule has 0 fully saturated rings. The van der Waals surface area contributed by atoms with Gasteiger partial charge in [-0.25, -0.2) is 0 Å². The number of para-hydroxylation sites is 1. The van der Waals surface area contributed by atoms with E-state index in [-0.39, 0.29) is 0 Å². The number of halogens is 1. The van der Waals surface area contributed by atoms with Crippen LogP contribution in [0.1, 0.15) is 6.42 Å². The zero-order chi connectivity index (χ0) is 11.2. The highest BCUT2D eigenvalue weighted by atomic mass is 79.9. The van der Waals surface area contributed by atoms with E-state index in [4.69, 9.17) is 4.74 Å². The van der Waals surface area contributed by atoms with Crippen molar-refractivity contribution in [3.63, 3.8) is 0 Å². The maximum absolute atomic E-state index is 5.59. The first-order valence-corrected chi connectivity index (χ1v) is 6.01. The summed E-state index contributed by atoms with van der Waals surface area (Å²) in [6, 6.07) is 11.8. The van der Waals surface area contributed by atoms with Crippen molar-refractivity contribution in [3.8, 4) is 5.75 Å². The summed E-state index contributed by atoms with van der Waals surface area (Å²) < 4.78 is 8.51. The van der Waals surface area contributed by atoms with Gasteiger partial charge in [-0.1, -0.05) is 18.2 Å². The van der Waals surface area contributed by atoms with Crippen molar-refractivity contribution in [1.82, 2.24) is 9.78 Å². The van der Waals surface area contributed by atoms with Crippen molar-refractivity contribution in [1.29, 1.82) is 0 Å². The fraction of sp³-hybridized carbons (Fsp3) is 0.250. The molecular formula is C12H13BrN2O. The Hall–Kier alpha value is -1.29. The highest BCUT2D eigenvalue weighted by Gasteiger charge is 1.98. The van der Waals surface area contributed by atoms with Gasteiger partial charge in [-0.2, -0.15) is 5.10 Å². The van der Waals surface area contributed by atoms with Gasteiger partial charge in [0.25, 0.3) is 0 Å². The Morgan fingerprint density at radius 2 is 2.00 bits per heavy atom. The Kier molecular flexibility index (Phi) is 3.99. The summed E-state index contributed by atoms with van der Waals surface area (Å²) in [6.45, 7) is 1.57. The van der Waals surface area contributed by atoms with E-state index in [2.05, 4.69) is 21.0 Å². The van der Waals surface area contributed by atoms with E-state index < -0.39 is 0 Å². The summed E-state index contributed by atoms with van der Waals surface area (Å²) in [5.41, 5.74) is 0. The Morgan fingerprint density at radius 1 is 1.19 bits per heavy atom. The summed E-state index contributed by atoms with van der Waals surface area (Å²) in [7, 11) is 0. The average Bonchev–Trinajstić information content (AvgIpc) is 2.72. The van der Waals surface area contributed by atoms with Gasteiger partial charge in [0, 0.05) is 13.0 Å². The van der Waals surface area contributed by atoms with Gasteiger partial charge in [-0.15, -0.1) is 0 Å². The minimum Gasteiger partial charge on any atom is -0.494 e. The van der Waals surface area contributed by atoms with Crippen molar-refractivity contribution in [2.24, 2.45) is 0 Å². The van der Waals surface area contributed by atoms with Crippen molar-refractivity contribution in [2.45, 2.75) is 13.0 Å². The molecule has 16 heavy (non-hydrogen) atoms. The highest BCUT2D eigenvalue weighted by molar-refractivity contribution is 9.10. The first-order chi connectivity index (χ1) is 7.86. The molecule has 3 nitrogen and oxygen atoms in total. The van der Waals surface area contributed by atoms with E-state index in [9.17, 15) is 0 Å². The zero-order valence-electron chi connectivity index (χ0n) is 8.84. The lowest BCUT2D eigenvalue weighted by Gasteiger charge is -2.06. The van der Waals surface area contributed by atoms with Crippen LogP contribution in [0.5, 0.6) is 5.75 Å². The Morgan fingerprint density at radius 3 is 2.69 bits per heavy atom. The fourth-order valence-electron chi connectivity index (χ4n) is 1.40. The summed E-state index contributed by atoms with van der Waals surface area (Å²) in [6.07, 6.45) is 2.72. The van der Waals surface area contributed by atoms with Gasteiger partial charge < -0.3 is 4.74 Å². The lowest BCUT2D eigenvalue weighted by Crippen LogP contribution is -2.05. The zero-order valence-corrected chi connectivity index (χ0v) is 10.4. The van der Waals surface area contributed by atoms with E-state index in [0.717, 1.165) is 23.3 Å². The van der Waals surface area contributed by atoms with Crippen LogP contribution in [0.2, 0.25) is 0 Å². The van der Waals surface area contributed by atoms with Crippen LogP contribution in [0.3, 0.4) is 0 Å². The molecule has 1 aromatic heterocycles. The number of aromatic nitrogens is 2. The molecule has 0 spiro atoms. The average molecular weight is 281 g/mol. The lowest BCUT2D eigenvalue weighted by atomic mass is 10.3. The second-order valence-corrected chi connectivity index (χ2v) is 4.20. The SMILES string of the molecule is Brc1ccnn1CCCOc1ccccc1. The summed E-state index contributed by atoms with van der Waals surface area (Å²) in [5, 5.41) is 4.17. The molecule has 4 heteroatoms. The number of hydrogen-bond donors (Lipinski definition) is 0. The predicted molar refractivity (Wildman–Crippen MR) is 66.5 cm³/mol. The second kappa shape index (κ2) is 5.70. The van der Waals surface area contributed by atoms with Gasteiger partial charge in [0.2, 0.25) is 0 Å². The van der Waals surface area contributed by atoms with Crippen molar-refractivity contribution >= 4 is 15.9 Å². The molecule has 2 aromatic rings. The molecule has 84 valence electrons. The monoisotopic (exact) mass is 280 g/mol.